The fourth-order valence-corrected chi connectivity index (χ4v) is 3.30. The van der Waals surface area contributed by atoms with E-state index in [1.165, 1.54) is 11.8 Å². The van der Waals surface area contributed by atoms with Gasteiger partial charge in [0.15, 0.2) is 5.16 Å². The van der Waals surface area contributed by atoms with Gasteiger partial charge in [0, 0.05) is 12.3 Å². The second-order valence-corrected chi connectivity index (χ2v) is 6.29. The molecule has 1 aromatic carbocycles. The van der Waals surface area contributed by atoms with Gasteiger partial charge in [0.1, 0.15) is 0 Å². The van der Waals surface area contributed by atoms with E-state index in [1.54, 1.807) is 4.57 Å². The van der Waals surface area contributed by atoms with Gasteiger partial charge in [-0.2, -0.15) is 0 Å². The SMILES string of the molecule is CCCCn1c(SCc2nc3ccccc3nc2C)n[nH]c1=O. The van der Waals surface area contributed by atoms with Crippen molar-refractivity contribution in [3.63, 3.8) is 0 Å². The van der Waals surface area contributed by atoms with Gasteiger partial charge in [-0.25, -0.2) is 19.9 Å². The van der Waals surface area contributed by atoms with Crippen molar-refractivity contribution in [3.8, 4) is 0 Å². The first-order valence-electron chi connectivity index (χ1n) is 7.69. The molecule has 0 saturated carbocycles. The number of fused-ring (bicyclic) bond motifs is 1. The topological polar surface area (TPSA) is 76.5 Å². The highest BCUT2D eigenvalue weighted by molar-refractivity contribution is 7.98. The van der Waals surface area contributed by atoms with Gasteiger partial charge in [0.25, 0.3) is 0 Å². The van der Waals surface area contributed by atoms with Gasteiger partial charge in [0.05, 0.1) is 22.4 Å². The molecule has 23 heavy (non-hydrogen) atoms. The number of benzene rings is 1. The van der Waals surface area contributed by atoms with E-state index in [-0.39, 0.29) is 5.69 Å². The number of unbranched alkanes of at least 4 members (excludes halogenated alkanes) is 1. The van der Waals surface area contributed by atoms with Gasteiger partial charge in [0.2, 0.25) is 0 Å². The first-order chi connectivity index (χ1) is 11.2. The Hall–Kier alpha value is -2.15. The third-order valence-corrected chi connectivity index (χ3v) is 4.63. The normalized spacial score (nSPS) is 11.2. The number of rotatable bonds is 6. The van der Waals surface area contributed by atoms with Crippen LogP contribution in [0.3, 0.4) is 0 Å². The maximum atomic E-state index is 11.8. The van der Waals surface area contributed by atoms with Crippen molar-refractivity contribution < 1.29 is 0 Å². The van der Waals surface area contributed by atoms with Crippen molar-refractivity contribution >= 4 is 22.8 Å². The molecule has 1 N–H and O–H groups in total. The second-order valence-electron chi connectivity index (χ2n) is 5.35. The summed E-state index contributed by atoms with van der Waals surface area (Å²) in [6.45, 7) is 4.76. The van der Waals surface area contributed by atoms with Crippen LogP contribution in [0.5, 0.6) is 0 Å². The Kier molecular flexibility index (Phi) is 4.76. The summed E-state index contributed by atoms with van der Waals surface area (Å²) in [5, 5.41) is 7.35. The fourth-order valence-electron chi connectivity index (χ4n) is 2.32. The lowest BCUT2D eigenvalue weighted by Gasteiger charge is -2.07. The fraction of sp³-hybridized carbons (Fsp3) is 0.375. The standard InChI is InChI=1S/C16H19N5OS/c1-3-4-9-21-15(22)19-20-16(21)23-10-14-11(2)17-12-7-5-6-8-13(12)18-14/h5-8H,3-4,9-10H2,1-2H3,(H,19,22). The molecule has 2 heterocycles. The lowest BCUT2D eigenvalue weighted by molar-refractivity contribution is 0.573. The number of hydrogen-bond donors (Lipinski definition) is 1. The van der Waals surface area contributed by atoms with E-state index < -0.39 is 0 Å². The lowest BCUT2D eigenvalue weighted by atomic mass is 10.2. The Morgan fingerprint density at radius 2 is 1.96 bits per heavy atom. The Morgan fingerprint density at radius 1 is 1.22 bits per heavy atom. The van der Waals surface area contributed by atoms with Gasteiger partial charge in [-0.3, -0.25) is 4.57 Å². The molecule has 7 heteroatoms. The van der Waals surface area contributed by atoms with Crippen molar-refractivity contribution in [1.29, 1.82) is 0 Å². The molecule has 0 spiro atoms. The minimum Gasteiger partial charge on any atom is -0.270 e. The van der Waals surface area contributed by atoms with Crippen LogP contribution in [0, 0.1) is 6.92 Å². The molecule has 2 aromatic heterocycles. The summed E-state index contributed by atoms with van der Waals surface area (Å²) in [6.07, 6.45) is 2.00. The van der Waals surface area contributed by atoms with Crippen molar-refractivity contribution in [2.24, 2.45) is 0 Å². The van der Waals surface area contributed by atoms with Crippen molar-refractivity contribution in [2.45, 2.75) is 44.1 Å². The smallest absolute Gasteiger partial charge is 0.270 e. The van der Waals surface area contributed by atoms with Gasteiger partial charge in [-0.15, -0.1) is 5.10 Å². The molecule has 3 rings (SSSR count). The summed E-state index contributed by atoms with van der Waals surface area (Å²) in [4.78, 5) is 21.1. The van der Waals surface area contributed by atoms with Crippen LogP contribution in [0.1, 0.15) is 31.2 Å². The summed E-state index contributed by atoms with van der Waals surface area (Å²) in [6, 6.07) is 7.84. The van der Waals surface area contributed by atoms with Crippen LogP contribution in [0.25, 0.3) is 11.0 Å². The first kappa shape index (κ1) is 15.7. The quantitative estimate of drug-likeness (QED) is 0.704. The Morgan fingerprint density at radius 3 is 2.70 bits per heavy atom. The van der Waals surface area contributed by atoms with Gasteiger partial charge in [-0.05, 0) is 25.5 Å². The minimum atomic E-state index is -0.151. The molecule has 0 radical (unpaired) electrons. The number of nitrogens with zero attached hydrogens (tertiary/aromatic N) is 4. The van der Waals surface area contributed by atoms with E-state index in [0.29, 0.717) is 17.5 Å². The zero-order valence-electron chi connectivity index (χ0n) is 13.2. The zero-order chi connectivity index (χ0) is 16.2. The third kappa shape index (κ3) is 3.44. The number of aromatic nitrogens is 5. The van der Waals surface area contributed by atoms with E-state index >= 15 is 0 Å². The van der Waals surface area contributed by atoms with Crippen LogP contribution >= 0.6 is 11.8 Å². The third-order valence-electron chi connectivity index (χ3n) is 3.64. The molecule has 3 aromatic rings. The number of H-pyrrole nitrogens is 1. The van der Waals surface area contributed by atoms with Crippen molar-refractivity contribution in [3.05, 3.63) is 46.1 Å². The number of nitrogens with one attached hydrogen (secondary N) is 1. The van der Waals surface area contributed by atoms with Gasteiger partial charge >= 0.3 is 5.69 Å². The molecule has 0 aliphatic heterocycles. The molecule has 0 unspecified atom stereocenters. The molecule has 0 amide bonds. The van der Waals surface area contributed by atoms with Gasteiger partial charge < -0.3 is 0 Å². The largest absolute Gasteiger partial charge is 0.343 e. The van der Waals surface area contributed by atoms with Crippen LogP contribution in [0.4, 0.5) is 0 Å². The molecule has 0 atom stereocenters. The predicted molar refractivity (Wildman–Crippen MR) is 91.6 cm³/mol. The number of hydrogen-bond acceptors (Lipinski definition) is 5. The van der Waals surface area contributed by atoms with E-state index in [2.05, 4.69) is 27.1 Å². The minimum absolute atomic E-state index is 0.151. The average Bonchev–Trinajstić information content (AvgIpc) is 2.91. The van der Waals surface area contributed by atoms with E-state index in [1.807, 2.05) is 31.2 Å². The summed E-state index contributed by atoms with van der Waals surface area (Å²) < 4.78 is 1.69. The van der Waals surface area contributed by atoms with E-state index in [0.717, 1.165) is 35.3 Å². The molecule has 0 saturated heterocycles. The maximum absolute atomic E-state index is 11.8. The Bertz CT molecular complexity index is 870. The molecule has 6 nitrogen and oxygen atoms in total. The lowest BCUT2D eigenvalue weighted by Crippen LogP contribution is -2.17. The molecular formula is C16H19N5OS. The van der Waals surface area contributed by atoms with E-state index in [9.17, 15) is 4.79 Å². The van der Waals surface area contributed by atoms with Crippen LogP contribution < -0.4 is 5.69 Å². The molecule has 0 fully saturated rings. The average molecular weight is 329 g/mol. The van der Waals surface area contributed by atoms with Gasteiger partial charge in [-0.1, -0.05) is 37.2 Å². The van der Waals surface area contributed by atoms with E-state index in [4.69, 9.17) is 0 Å². The highest BCUT2D eigenvalue weighted by Gasteiger charge is 2.11. The summed E-state index contributed by atoms with van der Waals surface area (Å²) >= 11 is 1.51. The highest BCUT2D eigenvalue weighted by Crippen LogP contribution is 2.22. The Balaban J connectivity index is 1.81. The maximum Gasteiger partial charge on any atom is 0.343 e. The zero-order valence-corrected chi connectivity index (χ0v) is 14.1. The first-order valence-corrected chi connectivity index (χ1v) is 8.68. The molecule has 0 aliphatic carbocycles. The number of thioether (sulfide) groups is 1. The molecule has 0 bridgehead atoms. The molecule has 0 aliphatic rings. The number of para-hydroxylation sites is 2. The summed E-state index contributed by atoms with van der Waals surface area (Å²) in [5.74, 6) is 0.639. The number of aryl methyl sites for hydroxylation is 1. The molecular weight excluding hydrogens is 310 g/mol. The van der Waals surface area contributed by atoms with Crippen molar-refractivity contribution in [2.75, 3.05) is 0 Å². The Labute approximate surface area is 138 Å². The van der Waals surface area contributed by atoms with Crippen LogP contribution in [0.2, 0.25) is 0 Å². The van der Waals surface area contributed by atoms with Crippen LogP contribution in [0.15, 0.2) is 34.2 Å². The van der Waals surface area contributed by atoms with Crippen LogP contribution in [-0.2, 0) is 12.3 Å². The number of aromatic amines is 1. The second kappa shape index (κ2) is 6.95. The summed E-state index contributed by atoms with van der Waals surface area (Å²) in [7, 11) is 0. The predicted octanol–water partition coefficient (Wildman–Crippen LogP) is 2.92. The summed E-state index contributed by atoms with van der Waals surface area (Å²) in [5.41, 5.74) is 3.47. The molecule has 120 valence electrons. The van der Waals surface area contributed by atoms with Crippen LogP contribution in [-0.4, -0.2) is 24.7 Å². The van der Waals surface area contributed by atoms with Crippen molar-refractivity contribution in [1.82, 2.24) is 24.7 Å². The highest BCUT2D eigenvalue weighted by atomic mass is 32.2. The monoisotopic (exact) mass is 329 g/mol.